The fourth-order valence-electron chi connectivity index (χ4n) is 1.61. The summed E-state index contributed by atoms with van der Waals surface area (Å²) in [6.07, 6.45) is 0. The van der Waals surface area contributed by atoms with Crippen LogP contribution in [-0.2, 0) is 16.1 Å². The Kier molecular flexibility index (Phi) is 5.57. The predicted octanol–water partition coefficient (Wildman–Crippen LogP) is 1.02. The third kappa shape index (κ3) is 5.13. The first-order chi connectivity index (χ1) is 8.92. The molecule has 1 aromatic heterocycles. The zero-order valence-electron chi connectivity index (χ0n) is 11.7. The molecular formula is C13H20N2O4. The Bertz CT molecular complexity index is 440. The zero-order chi connectivity index (χ0) is 14.4. The molecule has 0 unspecified atom stereocenters. The van der Waals surface area contributed by atoms with Crippen LogP contribution in [0, 0.1) is 0 Å². The van der Waals surface area contributed by atoms with Gasteiger partial charge in [0.05, 0.1) is 20.2 Å². The first kappa shape index (κ1) is 15.2. The first-order valence-electron chi connectivity index (χ1n) is 6.07. The van der Waals surface area contributed by atoms with Crippen molar-refractivity contribution >= 4 is 11.9 Å². The lowest BCUT2D eigenvalue weighted by Crippen LogP contribution is -2.38. The molecule has 19 heavy (non-hydrogen) atoms. The SMILES string of the molecule is COC(=O)c1ccc(CN(C)CC(=O)NC(C)C)o1. The highest BCUT2D eigenvalue weighted by Crippen LogP contribution is 2.10. The number of esters is 1. The number of hydrogen-bond acceptors (Lipinski definition) is 5. The Labute approximate surface area is 112 Å². The maximum Gasteiger partial charge on any atom is 0.373 e. The second-order valence-corrected chi connectivity index (χ2v) is 4.65. The number of carbonyl (C=O) groups is 2. The minimum absolute atomic E-state index is 0.0442. The number of nitrogens with one attached hydrogen (secondary N) is 1. The van der Waals surface area contributed by atoms with Gasteiger partial charge < -0.3 is 14.5 Å². The minimum atomic E-state index is -0.508. The molecule has 1 aromatic rings. The van der Waals surface area contributed by atoms with E-state index >= 15 is 0 Å². The average Bonchev–Trinajstić information content (AvgIpc) is 2.74. The normalized spacial score (nSPS) is 10.8. The molecule has 0 radical (unpaired) electrons. The quantitative estimate of drug-likeness (QED) is 0.780. The van der Waals surface area contributed by atoms with Crippen molar-refractivity contribution in [2.45, 2.75) is 26.4 Å². The molecule has 1 heterocycles. The number of amides is 1. The van der Waals surface area contributed by atoms with Crippen LogP contribution in [-0.4, -0.2) is 43.5 Å². The van der Waals surface area contributed by atoms with Crippen molar-refractivity contribution in [2.24, 2.45) is 0 Å². The van der Waals surface area contributed by atoms with Crippen molar-refractivity contribution in [1.82, 2.24) is 10.2 Å². The summed E-state index contributed by atoms with van der Waals surface area (Å²) in [5.74, 6) is 0.224. The highest BCUT2D eigenvalue weighted by Gasteiger charge is 2.13. The Balaban J connectivity index is 2.48. The van der Waals surface area contributed by atoms with Gasteiger partial charge in [0.1, 0.15) is 5.76 Å². The lowest BCUT2D eigenvalue weighted by atomic mass is 10.3. The number of hydrogen-bond donors (Lipinski definition) is 1. The van der Waals surface area contributed by atoms with Crippen molar-refractivity contribution in [3.63, 3.8) is 0 Å². The molecule has 0 atom stereocenters. The maximum atomic E-state index is 11.6. The molecule has 1 rings (SSSR count). The molecule has 1 amide bonds. The van der Waals surface area contributed by atoms with Gasteiger partial charge in [0.25, 0.3) is 0 Å². The van der Waals surface area contributed by atoms with E-state index in [2.05, 4.69) is 10.1 Å². The highest BCUT2D eigenvalue weighted by atomic mass is 16.5. The molecule has 0 bridgehead atoms. The van der Waals surface area contributed by atoms with Crippen LogP contribution in [0.4, 0.5) is 0 Å². The first-order valence-corrected chi connectivity index (χ1v) is 6.07. The number of nitrogens with zero attached hydrogens (tertiary/aromatic N) is 1. The molecule has 106 valence electrons. The number of methoxy groups -OCH3 is 1. The van der Waals surface area contributed by atoms with Crippen LogP contribution in [0.1, 0.15) is 30.2 Å². The van der Waals surface area contributed by atoms with Gasteiger partial charge >= 0.3 is 5.97 Å². The van der Waals surface area contributed by atoms with E-state index in [4.69, 9.17) is 4.42 Å². The van der Waals surface area contributed by atoms with Crippen molar-refractivity contribution in [3.05, 3.63) is 23.7 Å². The van der Waals surface area contributed by atoms with Crippen molar-refractivity contribution in [1.29, 1.82) is 0 Å². The van der Waals surface area contributed by atoms with E-state index in [1.54, 1.807) is 24.1 Å². The number of rotatable bonds is 6. The summed E-state index contributed by atoms with van der Waals surface area (Å²) in [6, 6.07) is 3.38. The van der Waals surface area contributed by atoms with E-state index in [9.17, 15) is 9.59 Å². The highest BCUT2D eigenvalue weighted by molar-refractivity contribution is 5.86. The van der Waals surface area contributed by atoms with E-state index in [1.165, 1.54) is 7.11 Å². The van der Waals surface area contributed by atoms with Crippen LogP contribution >= 0.6 is 0 Å². The average molecular weight is 268 g/mol. The number of carbonyl (C=O) groups excluding carboxylic acids is 2. The lowest BCUT2D eigenvalue weighted by molar-refractivity contribution is -0.122. The van der Waals surface area contributed by atoms with Gasteiger partial charge in [-0.05, 0) is 33.0 Å². The standard InChI is InChI=1S/C13H20N2O4/c1-9(2)14-12(16)8-15(3)7-10-5-6-11(19-10)13(17)18-4/h5-6,9H,7-8H2,1-4H3,(H,14,16). The summed E-state index contributed by atoms with van der Waals surface area (Å²) in [6.45, 7) is 4.54. The summed E-state index contributed by atoms with van der Waals surface area (Å²) in [5.41, 5.74) is 0. The molecule has 0 aliphatic carbocycles. The Hall–Kier alpha value is -1.82. The van der Waals surface area contributed by atoms with Gasteiger partial charge in [0, 0.05) is 6.04 Å². The molecule has 0 aliphatic heterocycles. The monoisotopic (exact) mass is 268 g/mol. The molecule has 0 aliphatic rings. The van der Waals surface area contributed by atoms with Gasteiger partial charge in [-0.25, -0.2) is 4.79 Å². The Morgan fingerprint density at radius 1 is 1.42 bits per heavy atom. The number of furan rings is 1. The third-order valence-electron chi connectivity index (χ3n) is 2.34. The predicted molar refractivity (Wildman–Crippen MR) is 69.7 cm³/mol. The van der Waals surface area contributed by atoms with Crippen molar-refractivity contribution < 1.29 is 18.7 Å². The summed E-state index contributed by atoms with van der Waals surface area (Å²) in [5, 5.41) is 2.81. The van der Waals surface area contributed by atoms with Gasteiger partial charge in [-0.2, -0.15) is 0 Å². The second-order valence-electron chi connectivity index (χ2n) is 4.65. The molecule has 0 aromatic carbocycles. The number of ether oxygens (including phenoxy) is 1. The van der Waals surface area contributed by atoms with Crippen LogP contribution in [0.3, 0.4) is 0 Å². The third-order valence-corrected chi connectivity index (χ3v) is 2.34. The van der Waals surface area contributed by atoms with Gasteiger partial charge in [-0.3, -0.25) is 9.69 Å². The van der Waals surface area contributed by atoms with Crippen LogP contribution < -0.4 is 5.32 Å². The van der Waals surface area contributed by atoms with Crippen molar-refractivity contribution in [3.8, 4) is 0 Å². The smallest absolute Gasteiger partial charge is 0.373 e. The fraction of sp³-hybridized carbons (Fsp3) is 0.538. The van der Waals surface area contributed by atoms with Gasteiger partial charge in [-0.1, -0.05) is 0 Å². The minimum Gasteiger partial charge on any atom is -0.463 e. The maximum absolute atomic E-state index is 11.6. The van der Waals surface area contributed by atoms with E-state index in [0.717, 1.165) is 0 Å². The van der Waals surface area contributed by atoms with Crippen LogP contribution in [0.2, 0.25) is 0 Å². The molecule has 0 spiro atoms. The zero-order valence-corrected chi connectivity index (χ0v) is 11.7. The molecule has 6 nitrogen and oxygen atoms in total. The van der Waals surface area contributed by atoms with Crippen LogP contribution in [0.25, 0.3) is 0 Å². The van der Waals surface area contributed by atoms with E-state index in [0.29, 0.717) is 12.3 Å². The van der Waals surface area contributed by atoms with Gasteiger partial charge in [-0.15, -0.1) is 0 Å². The molecular weight excluding hydrogens is 248 g/mol. The molecule has 6 heteroatoms. The van der Waals surface area contributed by atoms with E-state index in [1.807, 2.05) is 13.8 Å². The summed E-state index contributed by atoms with van der Waals surface area (Å²) < 4.78 is 9.87. The summed E-state index contributed by atoms with van der Waals surface area (Å²) >= 11 is 0. The van der Waals surface area contributed by atoms with E-state index < -0.39 is 5.97 Å². The fourth-order valence-corrected chi connectivity index (χ4v) is 1.61. The van der Waals surface area contributed by atoms with Gasteiger partial charge in [0.15, 0.2) is 0 Å². The van der Waals surface area contributed by atoms with Crippen molar-refractivity contribution in [2.75, 3.05) is 20.7 Å². The largest absolute Gasteiger partial charge is 0.463 e. The molecule has 1 N–H and O–H groups in total. The Morgan fingerprint density at radius 2 is 2.11 bits per heavy atom. The second kappa shape index (κ2) is 6.94. The van der Waals surface area contributed by atoms with Crippen LogP contribution in [0.15, 0.2) is 16.5 Å². The van der Waals surface area contributed by atoms with Crippen LogP contribution in [0.5, 0.6) is 0 Å². The Morgan fingerprint density at radius 3 is 2.68 bits per heavy atom. The van der Waals surface area contributed by atoms with Gasteiger partial charge in [0.2, 0.25) is 11.7 Å². The topological polar surface area (TPSA) is 71.8 Å². The lowest BCUT2D eigenvalue weighted by Gasteiger charge is -2.16. The van der Waals surface area contributed by atoms with E-state index in [-0.39, 0.29) is 24.3 Å². The molecule has 0 saturated carbocycles. The summed E-state index contributed by atoms with van der Waals surface area (Å²) in [7, 11) is 3.10. The number of likely N-dealkylation sites (N-methyl/N-ethyl adjacent to an activating group) is 1. The molecule has 0 saturated heterocycles. The molecule has 0 fully saturated rings. The summed E-state index contributed by atoms with van der Waals surface area (Å²) in [4.78, 5) is 24.6.